The lowest BCUT2D eigenvalue weighted by molar-refractivity contribution is -0.116. The average Bonchev–Trinajstić information content (AvgIpc) is 4.51. The number of nitriles is 1. The number of alkyl halides is 1. The Morgan fingerprint density at radius 1 is 0.494 bits per heavy atom. The number of carbonyl (C=O) groups is 2. The molecule has 83 heavy (non-hydrogen) atoms. The van der Waals surface area contributed by atoms with Crippen LogP contribution in [0.15, 0.2) is 116 Å². The maximum Gasteiger partial charge on any atom is 0.153 e. The van der Waals surface area contributed by atoms with Gasteiger partial charge in [-0.25, -0.2) is 0 Å². The quantitative estimate of drug-likeness (QED) is 0.0324. The van der Waals surface area contributed by atoms with Gasteiger partial charge in [0.25, 0.3) is 0 Å². The largest absolute Gasteiger partial charge is 0.381 e. The first kappa shape index (κ1) is 81.6. The number of ether oxygens (including phenoxy) is 1. The first-order valence-corrected chi connectivity index (χ1v) is 46.8. The summed E-state index contributed by atoms with van der Waals surface area (Å²) < 4.78 is 21.8. The Labute approximate surface area is 610 Å². The Morgan fingerprint density at radius 2 is 0.807 bits per heavy atom. The van der Waals surface area contributed by atoms with Crippen LogP contribution in [0.1, 0.15) is 53.4 Å². The molecule has 7 rings (SSSR count). The maximum absolute atomic E-state index is 12.9. The van der Waals surface area contributed by atoms with Crippen LogP contribution in [0.25, 0.3) is 0 Å². The molecule has 0 spiro atoms. The van der Waals surface area contributed by atoms with Crippen LogP contribution in [-0.2, 0) is 14.3 Å². The molecule has 0 bridgehead atoms. The van der Waals surface area contributed by atoms with Crippen molar-refractivity contribution in [3.8, 4) is 6.07 Å². The Bertz CT molecular complexity index is 2400. The van der Waals surface area contributed by atoms with Crippen LogP contribution in [-0.4, -0.2) is 126 Å². The summed E-state index contributed by atoms with van der Waals surface area (Å²) >= 11 is 61.4. The zero-order chi connectivity index (χ0) is 60.9. The Balaban J connectivity index is 0.000000362. The third-order valence-corrected chi connectivity index (χ3v) is 38.1. The van der Waals surface area contributed by atoms with E-state index in [0.717, 1.165) is 42.0 Å². The highest BCUT2D eigenvalue weighted by Gasteiger charge is 2.27. The van der Waals surface area contributed by atoms with Crippen molar-refractivity contribution in [3.63, 3.8) is 0 Å². The normalized spacial score (nSPS) is 19.3. The molecular formula is C53H71ClN2O3S24. The molecule has 0 unspecified atom stereocenters. The summed E-state index contributed by atoms with van der Waals surface area (Å²) in [4.78, 5) is 31.8. The zero-order valence-corrected chi connectivity index (χ0v) is 67.9. The number of hydrogen-bond acceptors (Lipinski definition) is 29. The summed E-state index contributed by atoms with van der Waals surface area (Å²) in [6.45, 7) is 13.9. The average molecular weight is 1590 g/mol. The third-order valence-electron chi connectivity index (χ3n) is 10.2. The van der Waals surface area contributed by atoms with Gasteiger partial charge in [0, 0.05) is 93.6 Å². The Hall–Kier alpha value is 4.32. The minimum Gasteiger partial charge on any atom is -0.381 e. The van der Waals surface area contributed by atoms with E-state index in [4.69, 9.17) is 21.6 Å². The standard InChI is InChI=1S/C25H26OS16.C14H15NS8.C6H15N.C4H7ClO.C4H8O/c1-30-22-23(31-2)40-19(39-22)7-5-18-37-16(10-29)21(38-18)33-11-13(26)12-34-25-24(32-3)41-20(42-25)6-4-17-35-14(8-27)15(9-28)36-17;1-18-13-14(19-6-2-5-15)23-12(22-13)4-3-11-20-9(7-16)10(8-17)21-11;1-4-7(5-2)6-3;1-2-4(6)3-5;1-2-4-5-3-1/h4-7,27-29H,8-12H2,1-3H3;3-4,16-17H,2,6-8H2,1H3;4-6H2,1-3H3;2-3H2,1H3;1-4H2. The second-order valence-corrected chi connectivity index (χ2v) is 40.3. The van der Waals surface area contributed by atoms with E-state index in [2.05, 4.69) is 156 Å². The van der Waals surface area contributed by atoms with Gasteiger partial charge in [-0.2, -0.15) is 68.4 Å². The van der Waals surface area contributed by atoms with Gasteiger partial charge in [0.1, 0.15) is 5.78 Å². The zero-order valence-electron chi connectivity index (χ0n) is 47.2. The molecule has 0 amide bonds. The van der Waals surface area contributed by atoms with Crippen molar-refractivity contribution in [2.75, 3.05) is 110 Å². The predicted octanol–water partition coefficient (Wildman–Crippen LogP) is 23.0. The second-order valence-electron chi connectivity index (χ2n) is 15.7. The van der Waals surface area contributed by atoms with Gasteiger partial charge in [0.05, 0.1) is 70.1 Å². The fourth-order valence-electron chi connectivity index (χ4n) is 5.93. The summed E-state index contributed by atoms with van der Waals surface area (Å²) in [6.07, 6.45) is 25.5. The van der Waals surface area contributed by atoms with E-state index in [0.29, 0.717) is 30.1 Å². The lowest BCUT2D eigenvalue weighted by Crippen LogP contribution is -2.21. The van der Waals surface area contributed by atoms with Gasteiger partial charge >= 0.3 is 0 Å². The maximum atomic E-state index is 12.9. The topological polar surface area (TPSA) is 70.4 Å². The summed E-state index contributed by atoms with van der Waals surface area (Å²) in [5.74, 6) is 6.15. The van der Waals surface area contributed by atoms with Crippen molar-refractivity contribution in [1.29, 1.82) is 5.26 Å². The monoisotopic (exact) mass is 1590 g/mol. The number of thiol groups is 5. The number of ketones is 2. The number of Topliss-reactive ketones (excluding diaryl/α,β-unsaturated/α-hetero) is 2. The molecule has 7 heterocycles. The van der Waals surface area contributed by atoms with Crippen LogP contribution in [0.5, 0.6) is 0 Å². The number of rotatable bonds is 26. The second kappa shape index (κ2) is 49.8. The molecule has 30 heteroatoms. The van der Waals surface area contributed by atoms with Gasteiger partial charge in [-0.1, -0.05) is 169 Å². The molecule has 0 N–H and O–H groups in total. The van der Waals surface area contributed by atoms with Crippen LogP contribution in [0.4, 0.5) is 0 Å². The van der Waals surface area contributed by atoms with Crippen molar-refractivity contribution in [2.24, 2.45) is 0 Å². The Morgan fingerprint density at radius 3 is 1.10 bits per heavy atom. The predicted molar refractivity (Wildman–Crippen MR) is 437 cm³/mol. The summed E-state index contributed by atoms with van der Waals surface area (Å²) in [7, 11) is 0. The SMILES string of the molecule is C1CCOC1.CCC(=O)CCl.CCN(CC)CC.CSC1=C(SC)SC(=CC=C2SC(CS)=C(SCC(=O)CSC3=C(SC)SC(=CC=C4SC(CS)=C(CS)S4)S3)S2)S1.CSC1=C(SCCC#N)SC(=CC=C2SC(CS)=C(CS)S2)S1. The van der Waals surface area contributed by atoms with Crippen molar-refractivity contribution < 1.29 is 14.3 Å². The summed E-state index contributed by atoms with van der Waals surface area (Å²) in [6, 6.07) is 2.20. The van der Waals surface area contributed by atoms with E-state index < -0.39 is 0 Å². The Kier molecular flexibility index (Phi) is 48.9. The van der Waals surface area contributed by atoms with E-state index in [1.165, 1.54) is 112 Å². The molecule has 7 aliphatic rings. The first-order valence-electron chi connectivity index (χ1n) is 25.4. The summed E-state index contributed by atoms with van der Waals surface area (Å²) in [5.41, 5.74) is 0. The molecular weight excluding hydrogens is 1520 g/mol. The van der Waals surface area contributed by atoms with E-state index >= 15 is 0 Å². The van der Waals surface area contributed by atoms with E-state index in [-0.39, 0.29) is 17.4 Å². The van der Waals surface area contributed by atoms with Crippen molar-refractivity contribution >= 4 is 310 Å². The smallest absolute Gasteiger partial charge is 0.153 e. The van der Waals surface area contributed by atoms with Gasteiger partial charge in [0.15, 0.2) is 5.78 Å². The number of allylic oxidation sites excluding steroid dienone is 6. The van der Waals surface area contributed by atoms with Gasteiger partial charge in [0.2, 0.25) is 0 Å². The summed E-state index contributed by atoms with van der Waals surface area (Å²) in [5, 5.41) is 8.67. The van der Waals surface area contributed by atoms with Crippen molar-refractivity contribution in [1.82, 2.24) is 4.90 Å². The molecule has 0 aromatic heterocycles. The molecule has 0 aliphatic carbocycles. The molecule has 7 aliphatic heterocycles. The van der Waals surface area contributed by atoms with Crippen LogP contribution < -0.4 is 0 Å². The number of carbonyl (C=O) groups excluding carboxylic acids is 2. The van der Waals surface area contributed by atoms with Crippen LogP contribution in [0, 0.1) is 11.3 Å². The van der Waals surface area contributed by atoms with Gasteiger partial charge < -0.3 is 9.64 Å². The van der Waals surface area contributed by atoms with Crippen LogP contribution >= 0.6 is 298 Å². The number of nitrogens with zero attached hydrogens (tertiary/aromatic N) is 2. The molecule has 5 nitrogen and oxygen atoms in total. The molecule has 462 valence electrons. The van der Waals surface area contributed by atoms with Crippen LogP contribution in [0.3, 0.4) is 0 Å². The van der Waals surface area contributed by atoms with Crippen molar-refractivity contribution in [3.05, 3.63) is 116 Å². The highest BCUT2D eigenvalue weighted by atomic mass is 35.5. The fraction of sp³-hybridized carbons (Fsp3) is 0.491. The molecule has 1 fully saturated rings. The lowest BCUT2D eigenvalue weighted by Gasteiger charge is -2.13. The van der Waals surface area contributed by atoms with E-state index in [1.807, 2.05) is 70.6 Å². The van der Waals surface area contributed by atoms with E-state index in [9.17, 15) is 9.59 Å². The first-order chi connectivity index (χ1) is 40.3. The minimum atomic E-state index is 0.108. The van der Waals surface area contributed by atoms with Gasteiger partial charge in [-0.15, -0.1) is 93.9 Å². The van der Waals surface area contributed by atoms with E-state index in [1.54, 1.807) is 160 Å². The number of thioether (sulfide) groups is 19. The van der Waals surface area contributed by atoms with Gasteiger partial charge in [-0.05, 0) is 94.0 Å². The molecule has 0 atom stereocenters. The minimum absolute atomic E-state index is 0.108. The number of hydrogen-bond donors (Lipinski definition) is 5. The number of halogens is 1. The highest BCUT2D eigenvalue weighted by Crippen LogP contribution is 2.60. The van der Waals surface area contributed by atoms with Crippen molar-refractivity contribution in [2.45, 2.75) is 53.4 Å². The van der Waals surface area contributed by atoms with Gasteiger partial charge in [-0.3, -0.25) is 9.59 Å². The van der Waals surface area contributed by atoms with Crippen LogP contribution in [0.2, 0.25) is 0 Å². The third kappa shape index (κ3) is 31.6. The fourth-order valence-corrected chi connectivity index (χ4v) is 32.2. The highest BCUT2D eigenvalue weighted by molar-refractivity contribution is 8.42. The lowest BCUT2D eigenvalue weighted by atomic mass is 10.4. The molecule has 0 aromatic rings. The molecule has 0 saturated carbocycles. The molecule has 0 radical (unpaired) electrons. The molecule has 1 saturated heterocycles. The molecule has 0 aromatic carbocycles.